The monoisotopic (exact) mass is 531 g/mol. The number of halogens is 1. The topological polar surface area (TPSA) is 90.9 Å². The number of esters is 2. The van der Waals surface area contributed by atoms with Crippen molar-refractivity contribution in [2.24, 2.45) is 0 Å². The maximum absolute atomic E-state index is 12.6. The first-order valence-electron chi connectivity index (χ1n) is 9.07. The Labute approximate surface area is 192 Å². The molecule has 0 spiro atoms. The lowest BCUT2D eigenvalue weighted by atomic mass is 10.1. The number of anilines is 1. The molecule has 3 aromatic carbocycles. The summed E-state index contributed by atoms with van der Waals surface area (Å²) in [5.41, 5.74) is 1.02. The lowest BCUT2D eigenvalue weighted by Crippen LogP contribution is -2.13. The van der Waals surface area contributed by atoms with E-state index in [2.05, 4.69) is 27.9 Å². The third-order valence-corrected chi connectivity index (χ3v) is 4.99. The fourth-order valence-electron chi connectivity index (χ4n) is 2.74. The fraction of sp³-hybridized carbons (Fsp3) is 0.0870. The van der Waals surface area contributed by atoms with Crippen LogP contribution in [0, 0.1) is 3.57 Å². The van der Waals surface area contributed by atoms with Crippen molar-refractivity contribution in [3.8, 4) is 11.5 Å². The number of hydrogen-bond donors (Lipinski definition) is 1. The summed E-state index contributed by atoms with van der Waals surface area (Å²) in [7, 11) is 2.44. The number of benzene rings is 3. The van der Waals surface area contributed by atoms with Crippen LogP contribution in [-0.4, -0.2) is 32.1 Å². The van der Waals surface area contributed by atoms with Gasteiger partial charge in [0.15, 0.2) is 5.75 Å². The Morgan fingerprint density at radius 2 is 1.45 bits per heavy atom. The summed E-state index contributed by atoms with van der Waals surface area (Å²) in [5.74, 6) is -1.01. The van der Waals surface area contributed by atoms with E-state index in [0.717, 1.165) is 3.57 Å². The van der Waals surface area contributed by atoms with E-state index in [1.54, 1.807) is 36.4 Å². The van der Waals surface area contributed by atoms with Gasteiger partial charge >= 0.3 is 11.9 Å². The number of hydrogen-bond acceptors (Lipinski definition) is 6. The molecule has 0 atom stereocenters. The largest absolute Gasteiger partial charge is 0.465 e. The number of rotatable bonds is 6. The molecule has 0 bridgehead atoms. The number of amides is 1. The molecule has 0 saturated heterocycles. The summed E-state index contributed by atoms with van der Waals surface area (Å²) in [4.78, 5) is 36.6. The van der Waals surface area contributed by atoms with Crippen molar-refractivity contribution in [3.05, 3.63) is 87.0 Å². The van der Waals surface area contributed by atoms with Crippen LogP contribution in [0.25, 0.3) is 0 Å². The van der Waals surface area contributed by atoms with Crippen molar-refractivity contribution in [1.29, 1.82) is 0 Å². The molecule has 0 aromatic heterocycles. The lowest BCUT2D eigenvalue weighted by molar-refractivity contribution is 0.0555. The minimum atomic E-state index is -0.703. The molecule has 0 saturated carbocycles. The van der Waals surface area contributed by atoms with E-state index in [0.29, 0.717) is 17.0 Å². The van der Waals surface area contributed by atoms with Crippen LogP contribution < -0.4 is 10.1 Å². The zero-order valence-corrected chi connectivity index (χ0v) is 18.8. The van der Waals surface area contributed by atoms with Crippen LogP contribution in [0.5, 0.6) is 11.5 Å². The zero-order chi connectivity index (χ0) is 22.4. The Balaban J connectivity index is 1.88. The van der Waals surface area contributed by atoms with Crippen molar-refractivity contribution < 1.29 is 28.6 Å². The van der Waals surface area contributed by atoms with Crippen molar-refractivity contribution in [2.45, 2.75) is 0 Å². The molecule has 7 nitrogen and oxygen atoms in total. The number of nitrogens with one attached hydrogen (secondary N) is 1. The molecule has 0 unspecified atom stereocenters. The molecule has 0 heterocycles. The van der Waals surface area contributed by atoms with E-state index in [9.17, 15) is 14.4 Å². The molecule has 3 rings (SSSR count). The molecule has 1 N–H and O–H groups in total. The van der Waals surface area contributed by atoms with Crippen molar-refractivity contribution in [1.82, 2.24) is 0 Å². The second-order valence-corrected chi connectivity index (χ2v) is 7.50. The number of ether oxygens (including phenoxy) is 3. The Hall–Kier alpha value is -3.40. The number of para-hydroxylation sites is 2. The summed E-state index contributed by atoms with van der Waals surface area (Å²) < 4.78 is 16.4. The Morgan fingerprint density at radius 1 is 0.806 bits per heavy atom. The standard InChI is InChI=1S/C23H18INO6/c1-29-22(27)17-12-11-16(13-18(17)23(28)30-2)31-20-6-4-3-5-19(20)25-21(26)14-7-9-15(24)10-8-14/h3-13H,1-2H3,(H,25,26). The van der Waals surface area contributed by atoms with Crippen molar-refractivity contribution in [2.75, 3.05) is 19.5 Å². The Bertz CT molecular complexity index is 1130. The van der Waals surface area contributed by atoms with Gasteiger partial charge in [-0.25, -0.2) is 9.59 Å². The second kappa shape index (κ2) is 10.1. The normalized spacial score (nSPS) is 10.2. The highest BCUT2D eigenvalue weighted by atomic mass is 127. The predicted molar refractivity (Wildman–Crippen MR) is 123 cm³/mol. The molecule has 0 aliphatic rings. The first-order valence-corrected chi connectivity index (χ1v) is 10.1. The summed E-state index contributed by atoms with van der Waals surface area (Å²) in [6.07, 6.45) is 0. The molecule has 3 aromatic rings. The smallest absolute Gasteiger partial charge is 0.338 e. The highest BCUT2D eigenvalue weighted by Crippen LogP contribution is 2.31. The molecule has 0 fully saturated rings. The molecular formula is C23H18INO6. The van der Waals surface area contributed by atoms with Gasteiger partial charge in [-0.2, -0.15) is 0 Å². The maximum Gasteiger partial charge on any atom is 0.338 e. The summed E-state index contributed by atoms with van der Waals surface area (Å²) in [5, 5.41) is 2.82. The van der Waals surface area contributed by atoms with E-state index >= 15 is 0 Å². The van der Waals surface area contributed by atoms with Gasteiger partial charge in [0.1, 0.15) is 5.75 Å². The van der Waals surface area contributed by atoms with E-state index in [1.807, 2.05) is 12.1 Å². The summed E-state index contributed by atoms with van der Waals surface area (Å²) in [6.45, 7) is 0. The zero-order valence-electron chi connectivity index (χ0n) is 16.7. The van der Waals surface area contributed by atoms with E-state index in [1.165, 1.54) is 32.4 Å². The van der Waals surface area contributed by atoms with Gasteiger partial charge in [0.25, 0.3) is 5.91 Å². The van der Waals surface area contributed by atoms with Crippen LogP contribution in [0.4, 0.5) is 5.69 Å². The van der Waals surface area contributed by atoms with Crippen LogP contribution >= 0.6 is 22.6 Å². The Kier molecular flexibility index (Phi) is 7.24. The van der Waals surface area contributed by atoms with Gasteiger partial charge < -0.3 is 19.5 Å². The number of carbonyl (C=O) groups excluding carboxylic acids is 3. The van der Waals surface area contributed by atoms with Crippen LogP contribution in [0.2, 0.25) is 0 Å². The van der Waals surface area contributed by atoms with Crippen molar-refractivity contribution in [3.63, 3.8) is 0 Å². The SMILES string of the molecule is COC(=O)c1ccc(Oc2ccccc2NC(=O)c2ccc(I)cc2)cc1C(=O)OC. The molecule has 8 heteroatoms. The third-order valence-electron chi connectivity index (χ3n) is 4.27. The van der Waals surface area contributed by atoms with Crippen molar-refractivity contribution >= 4 is 46.1 Å². The first kappa shape index (κ1) is 22.3. The number of carbonyl (C=O) groups is 3. The van der Waals surface area contributed by atoms with Gasteiger partial charge in [0, 0.05) is 9.13 Å². The van der Waals surface area contributed by atoms with Crippen LogP contribution in [0.3, 0.4) is 0 Å². The summed E-state index contributed by atoms with van der Waals surface area (Å²) >= 11 is 2.17. The molecule has 0 aliphatic heterocycles. The van der Waals surface area contributed by atoms with E-state index in [-0.39, 0.29) is 22.8 Å². The van der Waals surface area contributed by atoms with Crippen LogP contribution in [0.15, 0.2) is 66.7 Å². The van der Waals surface area contributed by atoms with Crippen LogP contribution in [-0.2, 0) is 9.47 Å². The molecule has 1 amide bonds. The highest BCUT2D eigenvalue weighted by Gasteiger charge is 2.20. The highest BCUT2D eigenvalue weighted by molar-refractivity contribution is 14.1. The predicted octanol–water partition coefficient (Wildman–Crippen LogP) is 4.91. The quantitative estimate of drug-likeness (QED) is 0.359. The average Bonchev–Trinajstić information content (AvgIpc) is 2.79. The van der Waals surface area contributed by atoms with Gasteiger partial charge in [-0.1, -0.05) is 12.1 Å². The molecule has 0 radical (unpaired) electrons. The van der Waals surface area contributed by atoms with Gasteiger partial charge in [-0.05, 0) is 77.2 Å². The van der Waals surface area contributed by atoms with Gasteiger partial charge in [-0.3, -0.25) is 4.79 Å². The Morgan fingerprint density at radius 3 is 2.13 bits per heavy atom. The molecule has 31 heavy (non-hydrogen) atoms. The number of methoxy groups -OCH3 is 2. The summed E-state index contributed by atoms with van der Waals surface area (Å²) in [6, 6.07) is 18.4. The fourth-order valence-corrected chi connectivity index (χ4v) is 3.09. The van der Waals surface area contributed by atoms with Gasteiger partial charge in [0.2, 0.25) is 0 Å². The maximum atomic E-state index is 12.6. The molecular weight excluding hydrogens is 513 g/mol. The molecule has 158 valence electrons. The average molecular weight is 531 g/mol. The van der Waals surface area contributed by atoms with Crippen LogP contribution in [0.1, 0.15) is 31.1 Å². The minimum absolute atomic E-state index is 0.00672. The first-order chi connectivity index (χ1) is 14.9. The minimum Gasteiger partial charge on any atom is -0.465 e. The van der Waals surface area contributed by atoms with Gasteiger partial charge in [-0.15, -0.1) is 0 Å². The second-order valence-electron chi connectivity index (χ2n) is 6.25. The molecule has 0 aliphatic carbocycles. The van der Waals surface area contributed by atoms with E-state index < -0.39 is 11.9 Å². The van der Waals surface area contributed by atoms with E-state index in [4.69, 9.17) is 14.2 Å². The van der Waals surface area contributed by atoms with Gasteiger partial charge in [0.05, 0.1) is 31.0 Å². The lowest BCUT2D eigenvalue weighted by Gasteiger charge is -2.14. The third kappa shape index (κ3) is 5.40.